The third-order valence-electron chi connectivity index (χ3n) is 6.83. The molecule has 6 rings (SSSR count). The number of furan rings is 1. The van der Waals surface area contributed by atoms with Gasteiger partial charge < -0.3 is 9.73 Å². The number of Topliss-reactive ketones (excluding diaryl/α,β-unsaturated/α-hetero) is 3. The Hall–Kier alpha value is -3.33. The highest BCUT2D eigenvalue weighted by atomic mass is 32.2. The number of carbonyl (C=O) groups is 4. The standard InChI is InChI=1S/C22H15NO7S/c1-22-3-2-14(24)12-8-30-20(15(12)22)18(26)11-6-9-10(7-13(11)22)17(25)16-21(19(9)27)31(28,29)5-4-23-16/h6-8,23H,2-5H2,1H3/t22-/m1/s1. The Balaban J connectivity index is 1.64. The molecule has 0 amide bonds. The zero-order valence-electron chi connectivity index (χ0n) is 16.3. The fourth-order valence-electron chi connectivity index (χ4n) is 5.26. The number of carbonyl (C=O) groups excluding carboxylic acids is 4. The van der Waals surface area contributed by atoms with Crippen molar-refractivity contribution in [3.05, 3.63) is 68.1 Å². The van der Waals surface area contributed by atoms with E-state index >= 15 is 0 Å². The van der Waals surface area contributed by atoms with E-state index in [0.717, 1.165) is 0 Å². The maximum absolute atomic E-state index is 13.2. The summed E-state index contributed by atoms with van der Waals surface area (Å²) < 4.78 is 30.5. The fourth-order valence-corrected chi connectivity index (χ4v) is 6.70. The molecule has 1 aliphatic heterocycles. The van der Waals surface area contributed by atoms with Crippen molar-refractivity contribution in [2.75, 3.05) is 12.3 Å². The molecule has 0 saturated heterocycles. The van der Waals surface area contributed by atoms with Crippen LogP contribution in [0.25, 0.3) is 0 Å². The summed E-state index contributed by atoms with van der Waals surface area (Å²) >= 11 is 0. The van der Waals surface area contributed by atoms with Gasteiger partial charge in [0.15, 0.2) is 21.4 Å². The van der Waals surface area contributed by atoms with Crippen LogP contribution in [0, 0.1) is 0 Å². The third-order valence-corrected chi connectivity index (χ3v) is 8.58. The van der Waals surface area contributed by atoms with Gasteiger partial charge in [-0.1, -0.05) is 6.92 Å². The molecule has 1 N–H and O–H groups in total. The molecule has 0 unspecified atom stereocenters. The van der Waals surface area contributed by atoms with Crippen molar-refractivity contribution in [2.45, 2.75) is 25.2 Å². The molecule has 2 aromatic rings. The van der Waals surface area contributed by atoms with E-state index in [1.54, 1.807) is 0 Å². The maximum Gasteiger partial charge on any atom is 0.228 e. The second-order valence-electron chi connectivity index (χ2n) is 8.49. The summed E-state index contributed by atoms with van der Waals surface area (Å²) in [7, 11) is -3.91. The van der Waals surface area contributed by atoms with Crippen molar-refractivity contribution in [1.29, 1.82) is 0 Å². The molecule has 1 aromatic carbocycles. The van der Waals surface area contributed by atoms with E-state index in [4.69, 9.17) is 4.42 Å². The number of rotatable bonds is 0. The molecule has 8 nitrogen and oxygen atoms in total. The van der Waals surface area contributed by atoms with Crippen LogP contribution in [0.15, 0.2) is 33.4 Å². The average molecular weight is 437 g/mol. The second-order valence-corrected chi connectivity index (χ2v) is 10.5. The van der Waals surface area contributed by atoms with Gasteiger partial charge in [0.1, 0.15) is 16.9 Å². The minimum Gasteiger partial charge on any atom is -0.460 e. The van der Waals surface area contributed by atoms with E-state index in [1.165, 1.54) is 18.4 Å². The number of allylic oxidation sites excluding steroid dienone is 2. The van der Waals surface area contributed by atoms with Crippen LogP contribution in [0.1, 0.15) is 78.1 Å². The summed E-state index contributed by atoms with van der Waals surface area (Å²) in [6, 6.07) is 2.83. The summed E-state index contributed by atoms with van der Waals surface area (Å²) in [4.78, 5) is 51.3. The monoisotopic (exact) mass is 437 g/mol. The summed E-state index contributed by atoms with van der Waals surface area (Å²) in [5.74, 6) is -2.20. The molecule has 156 valence electrons. The third kappa shape index (κ3) is 2.06. The quantitative estimate of drug-likeness (QED) is 0.660. The second kappa shape index (κ2) is 5.47. The first-order valence-electron chi connectivity index (χ1n) is 9.84. The first kappa shape index (κ1) is 18.4. The number of nitrogens with one attached hydrogen (secondary N) is 1. The minimum atomic E-state index is -3.91. The molecule has 31 heavy (non-hydrogen) atoms. The Bertz CT molecular complexity index is 1460. The van der Waals surface area contributed by atoms with Crippen molar-refractivity contribution < 1.29 is 32.0 Å². The topological polar surface area (TPSA) is 128 Å². The molecule has 1 atom stereocenters. The maximum atomic E-state index is 13.2. The van der Waals surface area contributed by atoms with Crippen molar-refractivity contribution >= 4 is 33.0 Å². The molecule has 0 spiro atoms. The van der Waals surface area contributed by atoms with Crippen LogP contribution in [0.2, 0.25) is 0 Å². The van der Waals surface area contributed by atoms with Gasteiger partial charge in [-0.15, -0.1) is 0 Å². The van der Waals surface area contributed by atoms with Gasteiger partial charge in [-0.25, -0.2) is 8.42 Å². The number of benzene rings is 1. The van der Waals surface area contributed by atoms with Crippen molar-refractivity contribution in [1.82, 2.24) is 5.32 Å². The van der Waals surface area contributed by atoms with Gasteiger partial charge in [-0.2, -0.15) is 0 Å². The average Bonchev–Trinajstić information content (AvgIpc) is 3.19. The van der Waals surface area contributed by atoms with Crippen LogP contribution < -0.4 is 5.32 Å². The van der Waals surface area contributed by atoms with E-state index < -0.39 is 37.5 Å². The van der Waals surface area contributed by atoms with Gasteiger partial charge in [-0.05, 0) is 24.1 Å². The number of fused-ring (bicyclic) bond motifs is 3. The number of hydrogen-bond donors (Lipinski definition) is 1. The SMILES string of the molecule is C[C@]12CCC(=O)c3coc(c31)C(=O)c1cc3c(cc12)C(=O)C1=C(C3=O)S(=O)(=O)CCN1. The van der Waals surface area contributed by atoms with Crippen molar-refractivity contribution in [2.24, 2.45) is 0 Å². The lowest BCUT2D eigenvalue weighted by molar-refractivity contribution is 0.0955. The largest absolute Gasteiger partial charge is 0.460 e. The van der Waals surface area contributed by atoms with Crippen LogP contribution >= 0.6 is 0 Å². The molecule has 9 heteroatoms. The minimum absolute atomic E-state index is 0.0422. The van der Waals surface area contributed by atoms with Crippen LogP contribution in [0.3, 0.4) is 0 Å². The Labute approximate surface area is 176 Å². The molecule has 4 aliphatic rings. The number of sulfone groups is 1. The molecule has 0 bridgehead atoms. The highest BCUT2D eigenvalue weighted by molar-refractivity contribution is 7.96. The molecular formula is C22H15NO7S. The molecule has 0 saturated carbocycles. The lowest BCUT2D eigenvalue weighted by Gasteiger charge is -2.39. The Morgan fingerprint density at radius 1 is 0.968 bits per heavy atom. The molecule has 0 fully saturated rings. The fraction of sp³-hybridized carbons (Fsp3) is 0.273. The van der Waals surface area contributed by atoms with Gasteiger partial charge in [0.25, 0.3) is 0 Å². The van der Waals surface area contributed by atoms with E-state index in [2.05, 4.69) is 5.32 Å². The molecule has 0 radical (unpaired) electrons. The van der Waals surface area contributed by atoms with E-state index in [1.807, 2.05) is 6.92 Å². The lowest BCUT2D eigenvalue weighted by Crippen LogP contribution is -2.42. The summed E-state index contributed by atoms with van der Waals surface area (Å²) in [6.07, 6.45) is 1.98. The normalized spacial score (nSPS) is 25.5. The first-order chi connectivity index (χ1) is 14.6. The summed E-state index contributed by atoms with van der Waals surface area (Å²) in [6.45, 7) is 1.93. The zero-order valence-corrected chi connectivity index (χ0v) is 17.1. The Kier molecular flexibility index (Phi) is 3.26. The van der Waals surface area contributed by atoms with E-state index in [-0.39, 0.29) is 52.6 Å². The molecule has 3 aliphatic carbocycles. The van der Waals surface area contributed by atoms with Gasteiger partial charge in [0, 0.05) is 40.6 Å². The van der Waals surface area contributed by atoms with E-state index in [0.29, 0.717) is 23.1 Å². The van der Waals surface area contributed by atoms with Gasteiger partial charge >= 0.3 is 0 Å². The Morgan fingerprint density at radius 2 is 1.71 bits per heavy atom. The van der Waals surface area contributed by atoms with Crippen LogP contribution in [-0.2, 0) is 15.3 Å². The van der Waals surface area contributed by atoms with Crippen molar-refractivity contribution in [3.8, 4) is 0 Å². The van der Waals surface area contributed by atoms with Crippen molar-refractivity contribution in [3.63, 3.8) is 0 Å². The molecule has 2 heterocycles. The Morgan fingerprint density at radius 3 is 2.48 bits per heavy atom. The zero-order chi connectivity index (χ0) is 21.9. The van der Waals surface area contributed by atoms with Crippen LogP contribution in [0.4, 0.5) is 0 Å². The summed E-state index contributed by atoms with van der Waals surface area (Å²) in [5.41, 5.74) is 0.633. The van der Waals surface area contributed by atoms with E-state index in [9.17, 15) is 27.6 Å². The molecule has 1 aromatic heterocycles. The first-order valence-corrected chi connectivity index (χ1v) is 11.5. The summed E-state index contributed by atoms with van der Waals surface area (Å²) in [5, 5.41) is 2.76. The predicted octanol–water partition coefficient (Wildman–Crippen LogP) is 1.72. The smallest absolute Gasteiger partial charge is 0.228 e. The lowest BCUT2D eigenvalue weighted by atomic mass is 9.62. The van der Waals surface area contributed by atoms with Crippen LogP contribution in [0.5, 0.6) is 0 Å². The van der Waals surface area contributed by atoms with Gasteiger partial charge in [0.05, 0.1) is 11.3 Å². The number of hydrogen-bond acceptors (Lipinski definition) is 8. The van der Waals surface area contributed by atoms with Crippen LogP contribution in [-0.4, -0.2) is 43.8 Å². The van der Waals surface area contributed by atoms with Gasteiger partial charge in [0.2, 0.25) is 17.3 Å². The number of ketones is 4. The molecular weight excluding hydrogens is 422 g/mol. The highest BCUT2D eigenvalue weighted by Gasteiger charge is 2.50. The highest BCUT2D eigenvalue weighted by Crippen LogP contribution is 2.50. The van der Waals surface area contributed by atoms with Gasteiger partial charge in [-0.3, -0.25) is 19.2 Å². The predicted molar refractivity (Wildman–Crippen MR) is 106 cm³/mol.